The van der Waals surface area contributed by atoms with Crippen LogP contribution in [0.4, 0.5) is 23.1 Å². The van der Waals surface area contributed by atoms with Crippen molar-refractivity contribution in [1.82, 2.24) is 9.97 Å². The predicted octanol–water partition coefficient (Wildman–Crippen LogP) is 5.77. The molecule has 0 saturated carbocycles. The molecule has 2 heterocycles. The highest BCUT2D eigenvalue weighted by Gasteiger charge is 2.35. The molecule has 0 atom stereocenters. The number of anilines is 4. The maximum absolute atomic E-state index is 5.59. The Morgan fingerprint density at radius 2 is 1.74 bits per heavy atom. The number of nitrogens with one attached hydrogen (secondary N) is 1. The van der Waals surface area contributed by atoms with Crippen LogP contribution in [0.3, 0.4) is 0 Å². The molecular formula is C28H37N5O2. The van der Waals surface area contributed by atoms with Gasteiger partial charge in [-0.05, 0) is 80.3 Å². The largest absolute Gasteiger partial charge is 0.497 e. The minimum absolute atomic E-state index is 0.0850. The minimum atomic E-state index is -0.0850. The van der Waals surface area contributed by atoms with E-state index in [1.54, 1.807) is 14.2 Å². The van der Waals surface area contributed by atoms with Crippen molar-refractivity contribution < 1.29 is 9.47 Å². The summed E-state index contributed by atoms with van der Waals surface area (Å²) in [7, 11) is 3.42. The van der Waals surface area contributed by atoms with Gasteiger partial charge in [-0.15, -0.1) is 0 Å². The minimum Gasteiger partial charge on any atom is -0.497 e. The van der Waals surface area contributed by atoms with Gasteiger partial charge in [-0.2, -0.15) is 4.98 Å². The van der Waals surface area contributed by atoms with E-state index in [1.807, 2.05) is 24.4 Å². The SMILES string of the molecule is COc1ccc(N2CCN(c3nccc(Nc4cc(C(C)C)c(OC)cc4C)n3)CC2(C)C)cc1. The monoisotopic (exact) mass is 475 g/mol. The molecule has 7 heteroatoms. The molecule has 0 radical (unpaired) electrons. The summed E-state index contributed by atoms with van der Waals surface area (Å²) in [4.78, 5) is 14.2. The third-order valence-electron chi connectivity index (χ3n) is 6.67. The van der Waals surface area contributed by atoms with Crippen molar-refractivity contribution in [3.63, 3.8) is 0 Å². The van der Waals surface area contributed by atoms with Crippen molar-refractivity contribution >= 4 is 23.1 Å². The first-order valence-corrected chi connectivity index (χ1v) is 12.2. The molecule has 0 aliphatic carbocycles. The summed E-state index contributed by atoms with van der Waals surface area (Å²) >= 11 is 0. The summed E-state index contributed by atoms with van der Waals surface area (Å²) in [5, 5.41) is 3.51. The van der Waals surface area contributed by atoms with Crippen LogP contribution in [0, 0.1) is 6.92 Å². The van der Waals surface area contributed by atoms with E-state index in [4.69, 9.17) is 14.5 Å². The molecule has 1 saturated heterocycles. The molecular weight excluding hydrogens is 438 g/mol. The zero-order valence-corrected chi connectivity index (χ0v) is 21.9. The highest BCUT2D eigenvalue weighted by Crippen LogP contribution is 2.34. The third-order valence-corrected chi connectivity index (χ3v) is 6.67. The maximum Gasteiger partial charge on any atom is 0.227 e. The van der Waals surface area contributed by atoms with Gasteiger partial charge < -0.3 is 24.6 Å². The number of aryl methyl sites for hydroxylation is 1. The number of ether oxygens (including phenoxy) is 2. The molecule has 1 N–H and O–H groups in total. The first-order valence-electron chi connectivity index (χ1n) is 12.2. The van der Waals surface area contributed by atoms with E-state index >= 15 is 0 Å². The van der Waals surface area contributed by atoms with Crippen molar-refractivity contribution in [3.8, 4) is 11.5 Å². The Morgan fingerprint density at radius 3 is 2.37 bits per heavy atom. The second-order valence-electron chi connectivity index (χ2n) is 10.0. The van der Waals surface area contributed by atoms with Gasteiger partial charge in [0.25, 0.3) is 0 Å². The second kappa shape index (κ2) is 10.0. The fourth-order valence-corrected chi connectivity index (χ4v) is 4.74. The summed E-state index contributed by atoms with van der Waals surface area (Å²) in [5.41, 5.74) is 4.43. The second-order valence-corrected chi connectivity index (χ2v) is 10.0. The summed E-state index contributed by atoms with van der Waals surface area (Å²) in [6, 6.07) is 14.4. The average Bonchev–Trinajstić information content (AvgIpc) is 2.84. The van der Waals surface area contributed by atoms with Gasteiger partial charge in [0.2, 0.25) is 5.95 Å². The highest BCUT2D eigenvalue weighted by atomic mass is 16.5. The molecule has 0 amide bonds. The molecule has 3 aromatic rings. The summed E-state index contributed by atoms with van der Waals surface area (Å²) in [6.45, 7) is 13.5. The van der Waals surface area contributed by atoms with Crippen molar-refractivity contribution in [2.24, 2.45) is 0 Å². The maximum atomic E-state index is 5.59. The number of nitrogens with zero attached hydrogens (tertiary/aromatic N) is 4. The fraction of sp³-hybridized carbons (Fsp3) is 0.429. The lowest BCUT2D eigenvalue weighted by Gasteiger charge is -2.48. The number of methoxy groups -OCH3 is 2. The molecule has 0 bridgehead atoms. The number of benzene rings is 2. The van der Waals surface area contributed by atoms with E-state index in [0.29, 0.717) is 5.92 Å². The van der Waals surface area contributed by atoms with Crippen LogP contribution in [0.2, 0.25) is 0 Å². The first-order chi connectivity index (χ1) is 16.7. The van der Waals surface area contributed by atoms with Gasteiger partial charge in [-0.25, -0.2) is 4.98 Å². The van der Waals surface area contributed by atoms with Crippen molar-refractivity contribution in [2.45, 2.75) is 46.1 Å². The Morgan fingerprint density at radius 1 is 1.00 bits per heavy atom. The molecule has 0 spiro atoms. The normalized spacial score (nSPS) is 15.3. The predicted molar refractivity (Wildman–Crippen MR) is 144 cm³/mol. The molecule has 2 aromatic carbocycles. The highest BCUT2D eigenvalue weighted by molar-refractivity contribution is 5.65. The summed E-state index contributed by atoms with van der Waals surface area (Å²) < 4.78 is 10.9. The Labute approximate surface area is 209 Å². The van der Waals surface area contributed by atoms with Crippen LogP contribution in [0.15, 0.2) is 48.7 Å². The van der Waals surface area contributed by atoms with Crippen LogP contribution in [-0.2, 0) is 0 Å². The summed E-state index contributed by atoms with van der Waals surface area (Å²) in [5.74, 6) is 3.68. The molecule has 1 fully saturated rings. The number of hydrogen-bond donors (Lipinski definition) is 1. The van der Waals surface area contributed by atoms with E-state index in [0.717, 1.165) is 54.2 Å². The van der Waals surface area contributed by atoms with Gasteiger partial charge in [-0.1, -0.05) is 13.8 Å². The van der Waals surface area contributed by atoms with Crippen LogP contribution < -0.4 is 24.6 Å². The molecule has 0 unspecified atom stereocenters. The zero-order valence-electron chi connectivity index (χ0n) is 21.9. The Hall–Kier alpha value is -3.48. The number of rotatable bonds is 7. The van der Waals surface area contributed by atoms with Crippen molar-refractivity contribution in [2.75, 3.05) is 49.0 Å². The van der Waals surface area contributed by atoms with Crippen LogP contribution in [0.25, 0.3) is 0 Å². The van der Waals surface area contributed by atoms with Crippen LogP contribution in [-0.4, -0.2) is 49.4 Å². The lowest BCUT2D eigenvalue weighted by molar-refractivity contribution is 0.407. The van der Waals surface area contributed by atoms with E-state index in [1.165, 1.54) is 11.3 Å². The van der Waals surface area contributed by atoms with Gasteiger partial charge in [0.05, 0.1) is 19.8 Å². The van der Waals surface area contributed by atoms with Crippen LogP contribution in [0.5, 0.6) is 11.5 Å². The van der Waals surface area contributed by atoms with Gasteiger partial charge in [0, 0.05) is 37.2 Å². The van der Waals surface area contributed by atoms with E-state index in [9.17, 15) is 0 Å². The topological polar surface area (TPSA) is 62.8 Å². The Kier molecular flexibility index (Phi) is 7.05. The van der Waals surface area contributed by atoms with Crippen molar-refractivity contribution in [3.05, 3.63) is 59.8 Å². The molecule has 7 nitrogen and oxygen atoms in total. The number of aromatic nitrogens is 2. The molecule has 1 aromatic heterocycles. The van der Waals surface area contributed by atoms with Gasteiger partial charge in [-0.3, -0.25) is 0 Å². The number of piperazine rings is 1. The Bertz CT molecular complexity index is 1160. The van der Waals surface area contributed by atoms with E-state index in [2.05, 4.69) is 79.0 Å². The smallest absolute Gasteiger partial charge is 0.227 e. The van der Waals surface area contributed by atoms with Gasteiger partial charge >= 0.3 is 0 Å². The van der Waals surface area contributed by atoms with E-state index in [-0.39, 0.29) is 5.54 Å². The van der Waals surface area contributed by atoms with Crippen LogP contribution >= 0.6 is 0 Å². The lowest BCUT2D eigenvalue weighted by Crippen LogP contribution is -2.60. The third kappa shape index (κ3) is 5.29. The van der Waals surface area contributed by atoms with E-state index < -0.39 is 0 Å². The molecule has 4 rings (SSSR count). The fourth-order valence-electron chi connectivity index (χ4n) is 4.74. The van der Waals surface area contributed by atoms with Crippen molar-refractivity contribution in [1.29, 1.82) is 0 Å². The Balaban J connectivity index is 1.52. The van der Waals surface area contributed by atoms with Gasteiger partial charge in [0.15, 0.2) is 0 Å². The quantitative estimate of drug-likeness (QED) is 0.465. The van der Waals surface area contributed by atoms with Crippen LogP contribution in [0.1, 0.15) is 44.7 Å². The molecule has 1 aliphatic rings. The molecule has 35 heavy (non-hydrogen) atoms. The zero-order chi connectivity index (χ0) is 25.2. The first kappa shape index (κ1) is 24.6. The molecule has 186 valence electrons. The lowest BCUT2D eigenvalue weighted by atomic mass is 9.98. The summed E-state index contributed by atoms with van der Waals surface area (Å²) in [6.07, 6.45) is 1.83. The standard InChI is InChI=1S/C28H37N5O2/c1-19(2)23-17-24(20(3)16-25(23)35-7)30-26-12-13-29-27(31-26)32-14-15-33(28(4,5)18-32)21-8-10-22(34-6)11-9-21/h8-13,16-17,19H,14-15,18H2,1-7H3,(H,29,30,31). The van der Waals surface area contributed by atoms with Gasteiger partial charge in [0.1, 0.15) is 17.3 Å². The average molecular weight is 476 g/mol. The molecule has 1 aliphatic heterocycles. The number of hydrogen-bond acceptors (Lipinski definition) is 7.